The Morgan fingerprint density at radius 2 is 1.94 bits per heavy atom. The van der Waals surface area contributed by atoms with Crippen LogP contribution < -0.4 is 0 Å². The Bertz CT molecular complexity index is 1400. The molecular weight excluding hydrogens is 438 g/mol. The fraction of sp³-hybridized carbons (Fsp3) is 0.464. The highest BCUT2D eigenvalue weighted by Gasteiger charge is 2.39. The molecule has 4 aromatic rings. The third-order valence-electron chi connectivity index (χ3n) is 8.27. The van der Waals surface area contributed by atoms with E-state index in [0.717, 1.165) is 55.5 Å². The van der Waals surface area contributed by atoms with E-state index in [4.69, 9.17) is 0 Å². The number of aryl methyl sites for hydroxylation is 1. The van der Waals surface area contributed by atoms with Gasteiger partial charge in [0, 0.05) is 28.7 Å². The van der Waals surface area contributed by atoms with Crippen LogP contribution in [0.5, 0.6) is 0 Å². The molecule has 6 rings (SSSR count). The molecule has 0 atom stereocenters. The van der Waals surface area contributed by atoms with Gasteiger partial charge >= 0.3 is 5.97 Å². The summed E-state index contributed by atoms with van der Waals surface area (Å²) in [5.74, 6) is 0.167. The number of benzene rings is 1. The molecule has 1 saturated heterocycles. The summed E-state index contributed by atoms with van der Waals surface area (Å²) in [5, 5.41) is 14.9. The van der Waals surface area contributed by atoms with Crippen molar-refractivity contribution in [3.05, 3.63) is 53.5 Å². The van der Waals surface area contributed by atoms with Crippen LogP contribution in [0.1, 0.15) is 68.1 Å². The smallest absolute Gasteiger partial charge is 0.306 e. The number of aromatic nitrogens is 4. The molecule has 1 aliphatic carbocycles. The van der Waals surface area contributed by atoms with Crippen LogP contribution >= 0.6 is 0 Å². The van der Waals surface area contributed by atoms with Gasteiger partial charge in [-0.15, -0.1) is 0 Å². The molecule has 7 heteroatoms. The summed E-state index contributed by atoms with van der Waals surface area (Å²) in [6.45, 7) is 8.74. The number of likely N-dealkylation sites (tertiary alicyclic amines) is 1. The number of nitrogens with one attached hydrogen (secondary N) is 1. The van der Waals surface area contributed by atoms with Gasteiger partial charge in [-0.3, -0.25) is 4.79 Å². The molecule has 182 valence electrons. The van der Waals surface area contributed by atoms with Crippen molar-refractivity contribution in [1.29, 1.82) is 0 Å². The highest BCUT2D eigenvalue weighted by molar-refractivity contribution is 5.92. The quantitative estimate of drug-likeness (QED) is 0.410. The van der Waals surface area contributed by atoms with Gasteiger partial charge in [-0.2, -0.15) is 5.10 Å². The molecule has 1 aliphatic heterocycles. The summed E-state index contributed by atoms with van der Waals surface area (Å²) in [4.78, 5) is 21.7. The Morgan fingerprint density at radius 1 is 1.17 bits per heavy atom. The van der Waals surface area contributed by atoms with E-state index in [1.807, 2.05) is 4.52 Å². The first-order chi connectivity index (χ1) is 16.9. The topological polar surface area (TPSA) is 86.5 Å². The molecule has 2 fully saturated rings. The SMILES string of the molecule is Cc1cc(-c2[nH]c3ccc(C4CCN(C5CC(C(=O)O)C5)CC4)cc3c2C(C)C)cn2ncnc12. The van der Waals surface area contributed by atoms with E-state index >= 15 is 0 Å². The molecule has 1 aromatic carbocycles. The molecule has 0 unspecified atom stereocenters. The van der Waals surface area contributed by atoms with Crippen molar-refractivity contribution in [2.45, 2.75) is 64.3 Å². The van der Waals surface area contributed by atoms with Crippen LogP contribution in [0.2, 0.25) is 0 Å². The minimum Gasteiger partial charge on any atom is -0.481 e. The van der Waals surface area contributed by atoms with Crippen molar-refractivity contribution in [3.8, 4) is 11.3 Å². The zero-order valence-electron chi connectivity index (χ0n) is 20.7. The first-order valence-corrected chi connectivity index (χ1v) is 12.8. The van der Waals surface area contributed by atoms with Crippen LogP contribution in [0.25, 0.3) is 27.8 Å². The number of carbonyl (C=O) groups is 1. The number of pyridine rings is 1. The lowest BCUT2D eigenvalue weighted by atomic mass is 9.78. The molecule has 0 amide bonds. The second-order valence-electron chi connectivity index (χ2n) is 10.8. The van der Waals surface area contributed by atoms with Crippen molar-refractivity contribution in [3.63, 3.8) is 0 Å². The zero-order valence-corrected chi connectivity index (χ0v) is 20.7. The van der Waals surface area contributed by atoms with Crippen LogP contribution in [0, 0.1) is 12.8 Å². The normalized spacial score (nSPS) is 21.7. The summed E-state index contributed by atoms with van der Waals surface area (Å²) < 4.78 is 1.86. The van der Waals surface area contributed by atoms with Gasteiger partial charge in [-0.05, 0) is 92.4 Å². The largest absolute Gasteiger partial charge is 0.481 e. The Balaban J connectivity index is 1.27. The lowest BCUT2D eigenvalue weighted by Crippen LogP contribution is -2.49. The number of piperidine rings is 1. The standard InChI is InChI=1S/C28H33N5O2/c1-16(2)25-23-13-19(18-6-8-32(9-7-18)22-11-20(12-22)28(34)35)4-5-24(23)31-26(25)21-10-17(3)27-29-15-30-33(27)14-21/h4-5,10,13-16,18,20,22,31H,6-9,11-12H2,1-3H3,(H,34,35). The minimum absolute atomic E-state index is 0.133. The Morgan fingerprint density at radius 3 is 2.66 bits per heavy atom. The van der Waals surface area contributed by atoms with E-state index in [1.54, 1.807) is 6.33 Å². The van der Waals surface area contributed by atoms with E-state index in [9.17, 15) is 9.90 Å². The Labute approximate surface area is 205 Å². The van der Waals surface area contributed by atoms with Crippen molar-refractivity contribution < 1.29 is 9.90 Å². The van der Waals surface area contributed by atoms with E-state index in [2.05, 4.69) is 71.2 Å². The third-order valence-corrected chi connectivity index (χ3v) is 8.27. The van der Waals surface area contributed by atoms with Crippen molar-refractivity contribution in [2.24, 2.45) is 5.92 Å². The average Bonchev–Trinajstić information content (AvgIpc) is 3.42. The molecule has 2 aliphatic rings. The third kappa shape index (κ3) is 3.82. The summed E-state index contributed by atoms with van der Waals surface area (Å²) in [6, 6.07) is 9.62. The number of rotatable bonds is 5. The van der Waals surface area contributed by atoms with Crippen LogP contribution in [0.15, 0.2) is 36.8 Å². The van der Waals surface area contributed by atoms with Crippen LogP contribution in [0.4, 0.5) is 0 Å². The van der Waals surface area contributed by atoms with Crippen molar-refractivity contribution in [2.75, 3.05) is 13.1 Å². The highest BCUT2D eigenvalue weighted by atomic mass is 16.4. The molecule has 2 N–H and O–H groups in total. The van der Waals surface area contributed by atoms with Gasteiger partial charge in [-0.1, -0.05) is 19.9 Å². The van der Waals surface area contributed by atoms with Gasteiger partial charge in [0.25, 0.3) is 0 Å². The predicted octanol–water partition coefficient (Wildman–Crippen LogP) is 5.35. The van der Waals surface area contributed by atoms with Crippen LogP contribution in [0.3, 0.4) is 0 Å². The summed E-state index contributed by atoms with van der Waals surface area (Å²) in [6.07, 6.45) is 7.57. The second-order valence-corrected chi connectivity index (χ2v) is 10.8. The molecular formula is C28H33N5O2. The van der Waals surface area contributed by atoms with Crippen LogP contribution in [-0.2, 0) is 4.79 Å². The number of carboxylic acid groups (broad SMARTS) is 1. The molecule has 1 saturated carbocycles. The van der Waals surface area contributed by atoms with Crippen molar-refractivity contribution >= 4 is 22.5 Å². The number of carboxylic acids is 1. The molecule has 35 heavy (non-hydrogen) atoms. The lowest BCUT2D eigenvalue weighted by molar-refractivity contribution is -0.147. The van der Waals surface area contributed by atoms with E-state index < -0.39 is 5.97 Å². The van der Waals surface area contributed by atoms with Crippen molar-refractivity contribution in [1.82, 2.24) is 24.5 Å². The predicted molar refractivity (Wildman–Crippen MR) is 137 cm³/mol. The maximum Gasteiger partial charge on any atom is 0.306 e. The number of hydrogen-bond acceptors (Lipinski definition) is 4. The molecule has 0 bridgehead atoms. The first kappa shape index (κ1) is 22.3. The number of fused-ring (bicyclic) bond motifs is 2. The van der Waals surface area contributed by atoms with E-state index in [1.165, 1.54) is 27.7 Å². The van der Waals surface area contributed by atoms with Gasteiger partial charge < -0.3 is 15.0 Å². The molecule has 0 spiro atoms. The minimum atomic E-state index is -0.632. The number of H-pyrrole nitrogens is 1. The molecule has 0 radical (unpaired) electrons. The summed E-state index contributed by atoms with van der Waals surface area (Å²) in [7, 11) is 0. The monoisotopic (exact) mass is 471 g/mol. The maximum absolute atomic E-state index is 11.2. The molecule has 7 nitrogen and oxygen atoms in total. The highest BCUT2D eigenvalue weighted by Crippen LogP contribution is 2.40. The van der Waals surface area contributed by atoms with Gasteiger partial charge in [0.1, 0.15) is 6.33 Å². The number of hydrogen-bond donors (Lipinski definition) is 2. The summed E-state index contributed by atoms with van der Waals surface area (Å²) >= 11 is 0. The molecule has 3 aromatic heterocycles. The van der Waals surface area contributed by atoms with Crippen LogP contribution in [-0.4, -0.2) is 54.7 Å². The first-order valence-electron chi connectivity index (χ1n) is 12.8. The Hall–Kier alpha value is -3.19. The molecule has 4 heterocycles. The van der Waals surface area contributed by atoms with E-state index in [0.29, 0.717) is 17.9 Å². The van der Waals surface area contributed by atoms with Gasteiger partial charge in [0.15, 0.2) is 5.65 Å². The van der Waals surface area contributed by atoms with Gasteiger partial charge in [0.05, 0.1) is 11.6 Å². The number of nitrogens with zero attached hydrogens (tertiary/aromatic N) is 4. The Kier molecular flexibility index (Phi) is 5.40. The number of aliphatic carboxylic acids is 1. The van der Waals surface area contributed by atoms with Gasteiger partial charge in [0.2, 0.25) is 0 Å². The fourth-order valence-corrected chi connectivity index (χ4v) is 6.23. The van der Waals surface area contributed by atoms with E-state index in [-0.39, 0.29) is 5.92 Å². The lowest BCUT2D eigenvalue weighted by Gasteiger charge is -2.44. The second kappa shape index (κ2) is 8.48. The maximum atomic E-state index is 11.2. The number of aromatic amines is 1. The summed E-state index contributed by atoms with van der Waals surface area (Å²) in [5.41, 5.74) is 8.26. The average molecular weight is 472 g/mol. The fourth-order valence-electron chi connectivity index (χ4n) is 6.23. The van der Waals surface area contributed by atoms with Gasteiger partial charge in [-0.25, -0.2) is 9.50 Å². The zero-order chi connectivity index (χ0) is 24.3.